The molecule has 0 saturated heterocycles. The first-order valence-corrected chi connectivity index (χ1v) is 14.0. The molecule has 0 spiro atoms. The fourth-order valence-electron chi connectivity index (χ4n) is 3.98. The highest BCUT2D eigenvalue weighted by Crippen LogP contribution is 2.27. The normalized spacial score (nSPS) is 11.9. The highest BCUT2D eigenvalue weighted by molar-refractivity contribution is 7.92. The number of methoxy groups -OCH3 is 1. The van der Waals surface area contributed by atoms with Gasteiger partial charge in [0.15, 0.2) is 0 Å². The number of nitrogens with zero attached hydrogens (tertiary/aromatic N) is 2. The molecular formula is C29H35N3O5S. The van der Waals surface area contributed by atoms with Crippen LogP contribution in [0, 0.1) is 6.92 Å². The molecule has 38 heavy (non-hydrogen) atoms. The quantitative estimate of drug-likeness (QED) is 0.375. The van der Waals surface area contributed by atoms with Gasteiger partial charge in [0.1, 0.15) is 18.3 Å². The Kier molecular flexibility index (Phi) is 9.90. The summed E-state index contributed by atoms with van der Waals surface area (Å²) < 4.78 is 33.9. The number of benzene rings is 3. The van der Waals surface area contributed by atoms with Crippen molar-refractivity contribution in [3.05, 3.63) is 90.0 Å². The van der Waals surface area contributed by atoms with Crippen LogP contribution in [0.25, 0.3) is 0 Å². The largest absolute Gasteiger partial charge is 0.497 e. The number of rotatable bonds is 12. The van der Waals surface area contributed by atoms with Crippen LogP contribution in [0.5, 0.6) is 5.75 Å². The minimum Gasteiger partial charge on any atom is -0.497 e. The summed E-state index contributed by atoms with van der Waals surface area (Å²) in [6.45, 7) is 5.52. The summed E-state index contributed by atoms with van der Waals surface area (Å²) in [5.74, 6) is -0.134. The lowest BCUT2D eigenvalue weighted by atomic mass is 10.1. The number of sulfonamides is 1. The van der Waals surface area contributed by atoms with E-state index in [0.717, 1.165) is 16.3 Å². The third kappa shape index (κ3) is 6.92. The lowest BCUT2D eigenvalue weighted by molar-refractivity contribution is -0.139. The molecule has 0 bridgehead atoms. The number of aryl methyl sites for hydroxylation is 1. The predicted molar refractivity (Wildman–Crippen MR) is 148 cm³/mol. The van der Waals surface area contributed by atoms with Gasteiger partial charge in [-0.25, -0.2) is 8.42 Å². The Labute approximate surface area is 225 Å². The van der Waals surface area contributed by atoms with Gasteiger partial charge in [-0.2, -0.15) is 0 Å². The van der Waals surface area contributed by atoms with E-state index in [1.165, 1.54) is 17.0 Å². The van der Waals surface area contributed by atoms with E-state index in [4.69, 9.17) is 4.74 Å². The third-order valence-corrected chi connectivity index (χ3v) is 8.00. The Balaban J connectivity index is 2.01. The fourth-order valence-corrected chi connectivity index (χ4v) is 5.48. The maximum Gasteiger partial charge on any atom is 0.264 e. The third-order valence-electron chi connectivity index (χ3n) is 6.22. The monoisotopic (exact) mass is 537 g/mol. The van der Waals surface area contributed by atoms with Crippen molar-refractivity contribution in [2.75, 3.05) is 24.5 Å². The lowest BCUT2D eigenvalue weighted by Gasteiger charge is -2.32. The highest BCUT2D eigenvalue weighted by atomic mass is 32.2. The first kappa shape index (κ1) is 28.7. The molecule has 3 rings (SSSR count). The molecule has 0 aliphatic carbocycles. The van der Waals surface area contributed by atoms with Crippen molar-refractivity contribution in [2.24, 2.45) is 0 Å². The van der Waals surface area contributed by atoms with Crippen LogP contribution in [0.3, 0.4) is 0 Å². The van der Waals surface area contributed by atoms with Gasteiger partial charge in [0.2, 0.25) is 11.8 Å². The molecular weight excluding hydrogens is 502 g/mol. The van der Waals surface area contributed by atoms with Crippen molar-refractivity contribution in [3.8, 4) is 5.75 Å². The van der Waals surface area contributed by atoms with Gasteiger partial charge in [0, 0.05) is 13.1 Å². The number of carbonyl (C=O) groups excluding carboxylic acids is 2. The summed E-state index contributed by atoms with van der Waals surface area (Å²) in [5.41, 5.74) is 1.88. The number of nitrogens with one attached hydrogen (secondary N) is 1. The number of para-hydroxylation sites is 1. The first-order chi connectivity index (χ1) is 18.2. The average Bonchev–Trinajstić information content (AvgIpc) is 2.94. The number of amides is 2. The van der Waals surface area contributed by atoms with E-state index in [1.54, 1.807) is 69.5 Å². The Morgan fingerprint density at radius 3 is 2.18 bits per heavy atom. The molecule has 0 aliphatic heterocycles. The summed E-state index contributed by atoms with van der Waals surface area (Å²) in [4.78, 5) is 28.3. The number of carbonyl (C=O) groups is 2. The maximum absolute atomic E-state index is 13.9. The molecule has 3 aromatic rings. The summed E-state index contributed by atoms with van der Waals surface area (Å²) >= 11 is 0. The van der Waals surface area contributed by atoms with E-state index < -0.39 is 28.5 Å². The molecule has 0 saturated carbocycles. The van der Waals surface area contributed by atoms with Gasteiger partial charge in [-0.1, -0.05) is 55.5 Å². The van der Waals surface area contributed by atoms with Crippen LogP contribution in [0.15, 0.2) is 83.8 Å². The van der Waals surface area contributed by atoms with E-state index in [9.17, 15) is 18.0 Å². The number of hydrogen-bond acceptors (Lipinski definition) is 5. The molecule has 1 N–H and O–H groups in total. The molecule has 9 heteroatoms. The van der Waals surface area contributed by atoms with Crippen molar-refractivity contribution in [2.45, 2.75) is 44.7 Å². The van der Waals surface area contributed by atoms with Crippen LogP contribution in [-0.4, -0.2) is 51.4 Å². The predicted octanol–water partition coefficient (Wildman–Crippen LogP) is 4.14. The summed E-state index contributed by atoms with van der Waals surface area (Å²) in [6, 6.07) is 21.4. The number of anilines is 1. The SMILES string of the molecule is CCCNC(=O)[C@@H](C)N(Cc1ccc(OC)cc1)C(=O)CN(c1ccccc1C)S(=O)(=O)c1ccccc1. The molecule has 0 aliphatic rings. The van der Waals surface area contributed by atoms with Crippen molar-refractivity contribution < 1.29 is 22.7 Å². The van der Waals surface area contributed by atoms with E-state index in [-0.39, 0.29) is 17.3 Å². The first-order valence-electron chi connectivity index (χ1n) is 12.5. The van der Waals surface area contributed by atoms with Crippen LogP contribution < -0.4 is 14.4 Å². The minimum absolute atomic E-state index is 0.0755. The van der Waals surface area contributed by atoms with E-state index >= 15 is 0 Å². The van der Waals surface area contributed by atoms with Crippen molar-refractivity contribution >= 4 is 27.5 Å². The second-order valence-electron chi connectivity index (χ2n) is 8.95. The van der Waals surface area contributed by atoms with Gasteiger partial charge in [-0.15, -0.1) is 0 Å². The van der Waals surface area contributed by atoms with Gasteiger partial charge in [0.25, 0.3) is 10.0 Å². The minimum atomic E-state index is -4.08. The zero-order valence-electron chi connectivity index (χ0n) is 22.3. The molecule has 8 nitrogen and oxygen atoms in total. The molecule has 0 unspecified atom stereocenters. The average molecular weight is 538 g/mol. The van der Waals surface area contributed by atoms with Gasteiger partial charge in [-0.3, -0.25) is 13.9 Å². The Morgan fingerprint density at radius 1 is 0.947 bits per heavy atom. The van der Waals surface area contributed by atoms with E-state index in [1.807, 2.05) is 25.1 Å². The van der Waals surface area contributed by atoms with Crippen LogP contribution in [0.4, 0.5) is 5.69 Å². The fraction of sp³-hybridized carbons (Fsp3) is 0.310. The van der Waals surface area contributed by atoms with Gasteiger partial charge < -0.3 is 15.0 Å². The zero-order chi connectivity index (χ0) is 27.7. The molecule has 0 fully saturated rings. The zero-order valence-corrected chi connectivity index (χ0v) is 23.1. The second kappa shape index (κ2) is 13.1. The van der Waals surface area contributed by atoms with Gasteiger partial charge in [0.05, 0.1) is 17.7 Å². The topological polar surface area (TPSA) is 96.0 Å². The Hall–Kier alpha value is -3.85. The van der Waals surface area contributed by atoms with E-state index in [2.05, 4.69) is 5.32 Å². The highest BCUT2D eigenvalue weighted by Gasteiger charge is 2.32. The van der Waals surface area contributed by atoms with Gasteiger partial charge in [-0.05, 0) is 61.7 Å². The molecule has 1 atom stereocenters. The van der Waals surface area contributed by atoms with Crippen molar-refractivity contribution in [3.63, 3.8) is 0 Å². The maximum atomic E-state index is 13.9. The van der Waals surface area contributed by atoms with Crippen LogP contribution in [0.2, 0.25) is 0 Å². The molecule has 3 aromatic carbocycles. The van der Waals surface area contributed by atoms with Crippen molar-refractivity contribution in [1.29, 1.82) is 0 Å². The number of hydrogen-bond donors (Lipinski definition) is 1. The molecule has 0 heterocycles. The standard InChI is InChI=1S/C29H35N3O5S/c1-5-19-30-29(34)23(3)31(20-24-15-17-25(37-4)18-16-24)28(33)21-32(27-14-10-9-11-22(27)2)38(35,36)26-12-7-6-8-13-26/h6-18,23H,5,19-21H2,1-4H3,(H,30,34)/t23-/m1/s1. The molecule has 202 valence electrons. The second-order valence-corrected chi connectivity index (χ2v) is 10.8. The molecule has 0 aromatic heterocycles. The summed E-state index contributed by atoms with van der Waals surface area (Å²) in [6.07, 6.45) is 0.751. The lowest BCUT2D eigenvalue weighted by Crippen LogP contribution is -2.51. The Morgan fingerprint density at radius 2 is 1.58 bits per heavy atom. The molecule has 2 amide bonds. The molecule has 0 radical (unpaired) electrons. The number of ether oxygens (including phenoxy) is 1. The van der Waals surface area contributed by atoms with Crippen molar-refractivity contribution in [1.82, 2.24) is 10.2 Å². The van der Waals surface area contributed by atoms with Gasteiger partial charge >= 0.3 is 0 Å². The Bertz CT molecular complexity index is 1330. The van der Waals surface area contributed by atoms with Crippen LogP contribution in [-0.2, 0) is 26.2 Å². The smallest absolute Gasteiger partial charge is 0.264 e. The van der Waals surface area contributed by atoms with E-state index in [0.29, 0.717) is 23.5 Å². The summed E-state index contributed by atoms with van der Waals surface area (Å²) in [5, 5.41) is 2.84. The summed E-state index contributed by atoms with van der Waals surface area (Å²) in [7, 11) is -2.51. The van der Waals surface area contributed by atoms with Crippen LogP contribution in [0.1, 0.15) is 31.4 Å². The van der Waals surface area contributed by atoms with Crippen LogP contribution >= 0.6 is 0 Å².